The van der Waals surface area contributed by atoms with Gasteiger partial charge >= 0.3 is 0 Å². The number of carbonyl (C=O) groups is 1. The molecule has 124 valence electrons. The van der Waals surface area contributed by atoms with Gasteiger partial charge in [-0.05, 0) is 47.8 Å². The van der Waals surface area contributed by atoms with Crippen LogP contribution in [0.5, 0.6) is 11.5 Å². The lowest BCUT2D eigenvalue weighted by Crippen LogP contribution is -2.12. The minimum atomic E-state index is -0.121. The van der Waals surface area contributed by atoms with E-state index in [2.05, 4.69) is 17.4 Å². The molecule has 1 saturated heterocycles. The van der Waals surface area contributed by atoms with Gasteiger partial charge in [0.05, 0.1) is 4.58 Å². The number of fused-ring (bicyclic) bond motifs is 1. The summed E-state index contributed by atoms with van der Waals surface area (Å²) in [6, 6.07) is 13.3. The number of nitrogens with one attached hydrogen (secondary N) is 1. The molecular weight excluding hydrogens is 342 g/mol. The maximum Gasteiger partial charge on any atom is 0.255 e. The monoisotopic (exact) mass is 359 g/mol. The number of anilines is 1. The average molecular weight is 359 g/mol. The molecule has 0 spiro atoms. The van der Waals surface area contributed by atoms with Crippen molar-refractivity contribution in [3.8, 4) is 11.5 Å². The number of rotatable bonds is 3. The third-order valence-corrected chi connectivity index (χ3v) is 6.92. The molecule has 1 N–H and O–H groups in total. The van der Waals surface area contributed by atoms with E-state index in [-0.39, 0.29) is 12.7 Å². The van der Waals surface area contributed by atoms with Crippen LogP contribution in [0.2, 0.25) is 0 Å². The van der Waals surface area contributed by atoms with Gasteiger partial charge in [-0.25, -0.2) is 0 Å². The number of benzene rings is 2. The van der Waals surface area contributed by atoms with Crippen molar-refractivity contribution in [1.29, 1.82) is 0 Å². The molecule has 0 atom stereocenters. The minimum absolute atomic E-state index is 0.121. The van der Waals surface area contributed by atoms with Gasteiger partial charge in [-0.15, -0.1) is 23.5 Å². The lowest BCUT2D eigenvalue weighted by Gasteiger charge is -2.21. The van der Waals surface area contributed by atoms with Gasteiger partial charge in [-0.1, -0.05) is 12.1 Å². The number of carbonyl (C=O) groups excluding carboxylic acids is 1. The van der Waals surface area contributed by atoms with Crippen LogP contribution in [0.3, 0.4) is 0 Å². The van der Waals surface area contributed by atoms with Crippen molar-refractivity contribution in [2.45, 2.75) is 11.0 Å². The summed E-state index contributed by atoms with van der Waals surface area (Å²) in [5.41, 5.74) is 2.64. The molecule has 0 bridgehead atoms. The van der Waals surface area contributed by atoms with E-state index >= 15 is 0 Å². The lowest BCUT2D eigenvalue weighted by molar-refractivity contribution is 0.102. The van der Waals surface area contributed by atoms with Crippen molar-refractivity contribution in [2.75, 3.05) is 23.6 Å². The molecule has 0 aromatic heterocycles. The van der Waals surface area contributed by atoms with Gasteiger partial charge in [0, 0.05) is 17.3 Å². The van der Waals surface area contributed by atoms with Crippen LogP contribution in [0.4, 0.5) is 5.69 Å². The summed E-state index contributed by atoms with van der Waals surface area (Å²) >= 11 is 3.96. The third kappa shape index (κ3) is 3.35. The molecule has 4 nitrogen and oxygen atoms in total. The Morgan fingerprint density at radius 2 is 1.75 bits per heavy atom. The first-order chi connectivity index (χ1) is 11.8. The Labute approximate surface area is 149 Å². The predicted molar refractivity (Wildman–Crippen MR) is 99.2 cm³/mol. The molecule has 0 unspecified atom stereocenters. The average Bonchev–Trinajstić information content (AvgIpc) is 3.10. The van der Waals surface area contributed by atoms with Crippen LogP contribution < -0.4 is 14.8 Å². The molecule has 2 heterocycles. The van der Waals surface area contributed by atoms with Gasteiger partial charge in [0.1, 0.15) is 0 Å². The fraction of sp³-hybridized carbons (Fsp3) is 0.278. The first-order valence-electron chi connectivity index (χ1n) is 7.84. The second-order valence-corrected chi connectivity index (χ2v) is 8.30. The number of hydrogen-bond donors (Lipinski definition) is 1. The van der Waals surface area contributed by atoms with Crippen molar-refractivity contribution in [3.63, 3.8) is 0 Å². The highest BCUT2D eigenvalue weighted by molar-refractivity contribution is 8.16. The number of amides is 1. The van der Waals surface area contributed by atoms with Crippen molar-refractivity contribution in [1.82, 2.24) is 0 Å². The Morgan fingerprint density at radius 3 is 2.54 bits per heavy atom. The largest absolute Gasteiger partial charge is 0.454 e. The summed E-state index contributed by atoms with van der Waals surface area (Å²) in [4.78, 5) is 12.4. The first-order valence-corrected chi connectivity index (χ1v) is 9.93. The van der Waals surface area contributed by atoms with E-state index < -0.39 is 0 Å². The van der Waals surface area contributed by atoms with Gasteiger partial charge < -0.3 is 14.8 Å². The maximum atomic E-state index is 12.4. The summed E-state index contributed by atoms with van der Waals surface area (Å²) in [5.74, 6) is 3.67. The van der Waals surface area contributed by atoms with Gasteiger partial charge in [0.2, 0.25) is 6.79 Å². The highest BCUT2D eigenvalue weighted by Gasteiger charge is 2.18. The Morgan fingerprint density at radius 1 is 1.00 bits per heavy atom. The summed E-state index contributed by atoms with van der Waals surface area (Å²) in [6.45, 7) is 0.228. The SMILES string of the molecule is O=C(Nc1ccc2c(c1)OCO2)c1ccc(C2SCCCS2)cc1. The van der Waals surface area contributed by atoms with Crippen LogP contribution >= 0.6 is 23.5 Å². The summed E-state index contributed by atoms with van der Waals surface area (Å²) < 4.78 is 11.1. The van der Waals surface area contributed by atoms with E-state index in [0.717, 1.165) is 0 Å². The normalized spacial score (nSPS) is 16.8. The van der Waals surface area contributed by atoms with Crippen LogP contribution in [-0.2, 0) is 0 Å². The predicted octanol–water partition coefficient (Wildman–Crippen LogP) is 4.54. The molecule has 2 aliphatic heterocycles. The maximum absolute atomic E-state index is 12.4. The number of hydrogen-bond acceptors (Lipinski definition) is 5. The Hall–Kier alpha value is -1.79. The molecule has 1 fully saturated rings. The molecule has 24 heavy (non-hydrogen) atoms. The topological polar surface area (TPSA) is 47.6 Å². The van der Waals surface area contributed by atoms with E-state index in [1.54, 1.807) is 12.1 Å². The molecule has 1 amide bonds. The van der Waals surface area contributed by atoms with E-state index in [0.29, 0.717) is 27.3 Å². The van der Waals surface area contributed by atoms with Crippen LogP contribution in [0.15, 0.2) is 42.5 Å². The highest BCUT2D eigenvalue weighted by Crippen LogP contribution is 2.43. The van der Waals surface area contributed by atoms with Crippen molar-refractivity contribution < 1.29 is 14.3 Å². The second-order valence-electron chi connectivity index (χ2n) is 5.57. The van der Waals surface area contributed by atoms with Crippen molar-refractivity contribution >= 4 is 35.1 Å². The molecule has 4 rings (SSSR count). The quantitative estimate of drug-likeness (QED) is 0.872. The van der Waals surface area contributed by atoms with Gasteiger partial charge in [-0.2, -0.15) is 0 Å². The van der Waals surface area contributed by atoms with E-state index in [9.17, 15) is 4.79 Å². The molecular formula is C18H17NO3S2. The minimum Gasteiger partial charge on any atom is -0.454 e. The Balaban J connectivity index is 1.44. The van der Waals surface area contributed by atoms with Crippen LogP contribution in [0.1, 0.15) is 26.9 Å². The fourth-order valence-corrected chi connectivity index (χ4v) is 5.54. The van der Waals surface area contributed by atoms with E-state index in [4.69, 9.17) is 9.47 Å². The molecule has 0 saturated carbocycles. The van der Waals surface area contributed by atoms with E-state index in [1.807, 2.05) is 41.7 Å². The Bertz CT molecular complexity index is 742. The zero-order chi connectivity index (χ0) is 16.4. The Kier molecular flexibility index (Phi) is 4.58. The van der Waals surface area contributed by atoms with Crippen molar-refractivity contribution in [2.24, 2.45) is 0 Å². The van der Waals surface area contributed by atoms with Crippen LogP contribution in [0, 0.1) is 0 Å². The first kappa shape index (κ1) is 15.7. The molecule has 2 aromatic rings. The molecule has 2 aliphatic rings. The summed E-state index contributed by atoms with van der Waals surface area (Å²) in [6.07, 6.45) is 1.28. The summed E-state index contributed by atoms with van der Waals surface area (Å²) in [7, 11) is 0. The van der Waals surface area contributed by atoms with Crippen LogP contribution in [-0.4, -0.2) is 24.2 Å². The lowest BCUT2D eigenvalue weighted by atomic mass is 10.1. The zero-order valence-corrected chi connectivity index (χ0v) is 14.6. The number of ether oxygens (including phenoxy) is 2. The smallest absolute Gasteiger partial charge is 0.255 e. The third-order valence-electron chi connectivity index (χ3n) is 3.90. The highest BCUT2D eigenvalue weighted by atomic mass is 32.2. The van der Waals surface area contributed by atoms with Gasteiger partial charge in [-0.3, -0.25) is 4.79 Å². The van der Waals surface area contributed by atoms with Crippen LogP contribution in [0.25, 0.3) is 0 Å². The second kappa shape index (κ2) is 6.99. The zero-order valence-electron chi connectivity index (χ0n) is 13.0. The molecule has 0 radical (unpaired) electrons. The van der Waals surface area contributed by atoms with Gasteiger partial charge in [0.25, 0.3) is 5.91 Å². The van der Waals surface area contributed by atoms with E-state index in [1.165, 1.54) is 23.5 Å². The molecule has 0 aliphatic carbocycles. The fourth-order valence-electron chi connectivity index (χ4n) is 2.65. The van der Waals surface area contributed by atoms with Crippen molar-refractivity contribution in [3.05, 3.63) is 53.6 Å². The summed E-state index contributed by atoms with van der Waals surface area (Å²) in [5, 5.41) is 2.90. The number of thioether (sulfide) groups is 2. The molecule has 6 heteroatoms. The molecule has 2 aromatic carbocycles. The standard InChI is InChI=1S/C18H17NO3S2/c20-17(19-14-6-7-15-16(10-14)22-11-21-15)12-2-4-13(5-3-12)18-23-8-1-9-24-18/h2-7,10,18H,1,8-9,11H2,(H,19,20). The van der Waals surface area contributed by atoms with Gasteiger partial charge in [0.15, 0.2) is 11.5 Å².